The van der Waals surface area contributed by atoms with Crippen LogP contribution in [0.2, 0.25) is 5.02 Å². The molecule has 0 atom stereocenters. The number of carbonyl (C=O) groups is 1. The summed E-state index contributed by atoms with van der Waals surface area (Å²) >= 11 is 6.39. The van der Waals surface area contributed by atoms with Gasteiger partial charge in [0.05, 0.1) is 10.7 Å². The van der Waals surface area contributed by atoms with Gasteiger partial charge >= 0.3 is 0 Å². The number of halogens is 2. The predicted octanol–water partition coefficient (Wildman–Crippen LogP) is 6.36. The minimum atomic E-state index is -0.315. The van der Waals surface area contributed by atoms with Crippen molar-refractivity contribution in [3.63, 3.8) is 0 Å². The maximum absolute atomic E-state index is 13.8. The topological polar surface area (TPSA) is 29.5 Å². The number of nitrogens with zero attached hydrogens (tertiary/aromatic N) is 1. The van der Waals surface area contributed by atoms with E-state index in [0.717, 1.165) is 23.2 Å². The van der Waals surface area contributed by atoms with Crippen molar-refractivity contribution in [1.29, 1.82) is 0 Å². The van der Waals surface area contributed by atoms with Gasteiger partial charge in [-0.3, -0.25) is 4.79 Å². The molecule has 152 valence electrons. The van der Waals surface area contributed by atoms with Gasteiger partial charge in [-0.1, -0.05) is 61.0 Å². The summed E-state index contributed by atoms with van der Waals surface area (Å²) in [5.74, 6) is 0.145. The molecule has 1 aliphatic rings. The molecule has 30 heavy (non-hydrogen) atoms. The predicted molar refractivity (Wildman–Crippen MR) is 119 cm³/mol. The molecule has 0 bridgehead atoms. The highest BCUT2D eigenvalue weighted by Gasteiger charge is 2.31. The summed E-state index contributed by atoms with van der Waals surface area (Å²) in [6, 6.07) is 19.6. The second-order valence-electron chi connectivity index (χ2n) is 7.10. The SMILES string of the molecule is CCCN1C(=O)/C(=C\c2ccc(OCc3ccccc3F)c(Cl)c2)c2ccccc21. The Balaban J connectivity index is 1.58. The number of hydrogen-bond acceptors (Lipinski definition) is 2. The monoisotopic (exact) mass is 421 g/mol. The van der Waals surface area contributed by atoms with E-state index in [1.165, 1.54) is 6.07 Å². The molecule has 0 saturated heterocycles. The van der Waals surface area contributed by atoms with Crippen molar-refractivity contribution < 1.29 is 13.9 Å². The van der Waals surface area contributed by atoms with Crippen LogP contribution in [0.4, 0.5) is 10.1 Å². The van der Waals surface area contributed by atoms with Crippen molar-refractivity contribution in [2.75, 3.05) is 11.4 Å². The minimum absolute atomic E-state index is 0.00551. The fraction of sp³-hybridized carbons (Fsp3) is 0.160. The van der Waals surface area contributed by atoms with Gasteiger partial charge in [0.15, 0.2) is 0 Å². The number of anilines is 1. The molecule has 0 saturated carbocycles. The van der Waals surface area contributed by atoms with Crippen molar-refractivity contribution in [3.8, 4) is 5.75 Å². The number of fused-ring (bicyclic) bond motifs is 1. The summed E-state index contributed by atoms with van der Waals surface area (Å²) < 4.78 is 19.5. The summed E-state index contributed by atoms with van der Waals surface area (Å²) in [6.45, 7) is 2.82. The Kier molecular flexibility index (Phi) is 5.86. The summed E-state index contributed by atoms with van der Waals surface area (Å²) in [5.41, 5.74) is 3.77. The summed E-state index contributed by atoms with van der Waals surface area (Å²) in [6.07, 6.45) is 2.73. The lowest BCUT2D eigenvalue weighted by atomic mass is 10.0. The number of benzene rings is 3. The number of amides is 1. The Labute approximate surface area is 180 Å². The Hall–Kier alpha value is -3.11. The van der Waals surface area contributed by atoms with Crippen molar-refractivity contribution in [2.45, 2.75) is 20.0 Å². The Morgan fingerprint density at radius 1 is 1.07 bits per heavy atom. The van der Waals surface area contributed by atoms with Crippen LogP contribution >= 0.6 is 11.6 Å². The van der Waals surface area contributed by atoms with Gasteiger partial charge in [0.2, 0.25) is 0 Å². The molecule has 0 unspecified atom stereocenters. The molecule has 1 amide bonds. The first-order chi connectivity index (χ1) is 14.6. The third kappa shape index (κ3) is 3.96. The molecule has 3 nitrogen and oxygen atoms in total. The fourth-order valence-electron chi connectivity index (χ4n) is 3.55. The van der Waals surface area contributed by atoms with Crippen LogP contribution in [0, 0.1) is 5.82 Å². The first kappa shape index (κ1) is 20.2. The normalized spacial score (nSPS) is 14.3. The highest BCUT2D eigenvalue weighted by atomic mass is 35.5. The molecular formula is C25H21ClFNO2. The quantitative estimate of drug-likeness (QED) is 0.433. The van der Waals surface area contributed by atoms with Gasteiger partial charge < -0.3 is 9.64 Å². The molecule has 3 aromatic carbocycles. The largest absolute Gasteiger partial charge is 0.487 e. The number of hydrogen-bond donors (Lipinski definition) is 0. The van der Waals surface area contributed by atoms with E-state index in [1.54, 1.807) is 30.3 Å². The van der Waals surface area contributed by atoms with Crippen LogP contribution < -0.4 is 9.64 Å². The lowest BCUT2D eigenvalue weighted by Gasteiger charge is -2.15. The van der Waals surface area contributed by atoms with E-state index in [-0.39, 0.29) is 18.3 Å². The van der Waals surface area contributed by atoms with Gasteiger partial charge in [-0.05, 0) is 42.3 Å². The molecule has 5 heteroatoms. The summed E-state index contributed by atoms with van der Waals surface area (Å²) in [4.78, 5) is 14.8. The number of ether oxygens (including phenoxy) is 1. The van der Waals surface area contributed by atoms with Gasteiger partial charge in [0, 0.05) is 23.2 Å². The van der Waals surface area contributed by atoms with Crippen molar-refractivity contribution in [2.24, 2.45) is 0 Å². The van der Waals surface area contributed by atoms with Crippen LogP contribution in [0.1, 0.15) is 30.0 Å². The van der Waals surface area contributed by atoms with Crippen LogP contribution in [0.15, 0.2) is 66.7 Å². The molecule has 1 aliphatic heterocycles. The molecule has 0 aromatic heterocycles. The highest BCUT2D eigenvalue weighted by Crippen LogP contribution is 2.38. The van der Waals surface area contributed by atoms with Crippen molar-refractivity contribution in [1.82, 2.24) is 0 Å². The standard InChI is InChI=1S/C25H21ClFNO2/c1-2-13-28-23-10-6-4-8-19(23)20(25(28)29)14-17-11-12-24(21(26)15-17)30-16-18-7-3-5-9-22(18)27/h3-12,14-15H,2,13,16H2,1H3/b20-14-. The van der Waals surface area contributed by atoms with E-state index >= 15 is 0 Å². The van der Waals surface area contributed by atoms with Gasteiger partial charge in [0.25, 0.3) is 5.91 Å². The van der Waals surface area contributed by atoms with E-state index in [4.69, 9.17) is 16.3 Å². The van der Waals surface area contributed by atoms with Crippen LogP contribution in [-0.4, -0.2) is 12.5 Å². The Morgan fingerprint density at radius 2 is 1.83 bits per heavy atom. The van der Waals surface area contributed by atoms with Gasteiger partial charge in [-0.15, -0.1) is 0 Å². The zero-order valence-corrected chi connectivity index (χ0v) is 17.3. The van der Waals surface area contributed by atoms with Crippen LogP contribution in [0.25, 0.3) is 11.6 Å². The Morgan fingerprint density at radius 3 is 2.60 bits per heavy atom. The summed E-state index contributed by atoms with van der Waals surface area (Å²) in [5, 5.41) is 0.407. The lowest BCUT2D eigenvalue weighted by Crippen LogP contribution is -2.26. The zero-order chi connectivity index (χ0) is 21.1. The second kappa shape index (κ2) is 8.72. The molecule has 0 spiro atoms. The minimum Gasteiger partial charge on any atom is -0.487 e. The molecule has 3 aromatic rings. The molecular weight excluding hydrogens is 401 g/mol. The van der Waals surface area contributed by atoms with E-state index in [0.29, 0.717) is 28.5 Å². The van der Waals surface area contributed by atoms with E-state index < -0.39 is 0 Å². The lowest BCUT2D eigenvalue weighted by molar-refractivity contribution is -0.113. The average molecular weight is 422 g/mol. The molecule has 0 N–H and O–H groups in total. The summed E-state index contributed by atoms with van der Waals surface area (Å²) in [7, 11) is 0. The zero-order valence-electron chi connectivity index (χ0n) is 16.6. The molecule has 0 fully saturated rings. The molecule has 0 aliphatic carbocycles. The third-order valence-electron chi connectivity index (χ3n) is 5.02. The van der Waals surface area contributed by atoms with E-state index in [1.807, 2.05) is 41.3 Å². The molecule has 1 heterocycles. The fourth-order valence-corrected chi connectivity index (χ4v) is 3.80. The van der Waals surface area contributed by atoms with E-state index in [9.17, 15) is 9.18 Å². The average Bonchev–Trinajstić information content (AvgIpc) is 3.01. The van der Waals surface area contributed by atoms with Gasteiger partial charge in [0.1, 0.15) is 18.2 Å². The maximum Gasteiger partial charge on any atom is 0.258 e. The van der Waals surface area contributed by atoms with Gasteiger partial charge in [-0.25, -0.2) is 4.39 Å². The maximum atomic E-state index is 13.8. The second-order valence-corrected chi connectivity index (χ2v) is 7.51. The number of carbonyl (C=O) groups excluding carboxylic acids is 1. The van der Waals surface area contributed by atoms with E-state index in [2.05, 4.69) is 6.92 Å². The van der Waals surface area contributed by atoms with Crippen molar-refractivity contribution in [3.05, 3.63) is 94.3 Å². The Bertz CT molecular complexity index is 1130. The van der Waals surface area contributed by atoms with Gasteiger partial charge in [-0.2, -0.15) is 0 Å². The van der Waals surface area contributed by atoms with Crippen LogP contribution in [0.3, 0.4) is 0 Å². The first-order valence-electron chi connectivity index (χ1n) is 9.87. The molecule has 4 rings (SSSR count). The smallest absolute Gasteiger partial charge is 0.258 e. The van der Waals surface area contributed by atoms with Crippen molar-refractivity contribution >= 4 is 34.8 Å². The first-order valence-corrected chi connectivity index (χ1v) is 10.2. The van der Waals surface area contributed by atoms with Crippen LogP contribution in [-0.2, 0) is 11.4 Å². The third-order valence-corrected chi connectivity index (χ3v) is 5.31. The molecule has 0 radical (unpaired) electrons. The number of para-hydroxylation sites is 1. The highest BCUT2D eigenvalue weighted by molar-refractivity contribution is 6.36. The van der Waals surface area contributed by atoms with Crippen LogP contribution in [0.5, 0.6) is 5.75 Å². The number of rotatable bonds is 6.